The molecule has 0 spiro atoms. The largest absolute Gasteiger partial charge is 0.311 e. The summed E-state index contributed by atoms with van der Waals surface area (Å²) in [6.45, 7) is 6.87. The van der Waals surface area contributed by atoms with Gasteiger partial charge < -0.3 is 4.90 Å². The zero-order valence-corrected chi connectivity index (χ0v) is 48.8. The molecule has 0 fully saturated rings. The quantitative estimate of drug-likeness (QED) is 0.0648. The van der Waals surface area contributed by atoms with Gasteiger partial charge in [-0.25, -0.2) is 0 Å². The van der Waals surface area contributed by atoms with Crippen LogP contribution in [0.1, 0.15) is 95.2 Å². The van der Waals surface area contributed by atoms with E-state index in [2.05, 4.69) is 169 Å². The minimum atomic E-state index is 1.14. The van der Waals surface area contributed by atoms with Crippen molar-refractivity contribution in [2.24, 2.45) is 0 Å². The second-order valence-corrected chi connectivity index (χ2v) is 28.2. The van der Waals surface area contributed by atoms with Crippen LogP contribution in [0.4, 0.5) is 17.1 Å². The van der Waals surface area contributed by atoms with Crippen molar-refractivity contribution in [3.05, 3.63) is 160 Å². The molecule has 0 aliphatic heterocycles. The molecule has 9 aromatic heterocycles. The second kappa shape index (κ2) is 22.4. The summed E-state index contributed by atoms with van der Waals surface area (Å²) >= 11 is 17.4. The van der Waals surface area contributed by atoms with Crippen molar-refractivity contribution in [3.8, 4) is 60.6 Å². The van der Waals surface area contributed by atoms with Gasteiger partial charge in [0.05, 0.1) is 0 Å². The van der Waals surface area contributed by atoms with Gasteiger partial charge in [0.2, 0.25) is 0 Å². The number of rotatable bonds is 21. The van der Waals surface area contributed by atoms with E-state index in [9.17, 15) is 0 Å². The molecule has 368 valence electrons. The van der Waals surface area contributed by atoms with Crippen LogP contribution < -0.4 is 4.90 Å². The Kier molecular flexibility index (Phi) is 15.2. The molecule has 12 aromatic rings. The molecule has 0 unspecified atom stereocenters. The lowest BCUT2D eigenvalue weighted by Crippen LogP contribution is -2.09. The van der Waals surface area contributed by atoms with Crippen LogP contribution in [0.15, 0.2) is 144 Å². The molecule has 1 nitrogen and oxygen atoms in total. The van der Waals surface area contributed by atoms with E-state index in [4.69, 9.17) is 0 Å². The van der Waals surface area contributed by atoms with Crippen LogP contribution in [0.5, 0.6) is 0 Å². The lowest BCUT2D eigenvalue weighted by atomic mass is 10.1. The minimum absolute atomic E-state index is 1.14. The predicted octanol–water partition coefficient (Wildman–Crippen LogP) is 24.4. The molecule has 0 bridgehead atoms. The Labute approximate surface area is 466 Å². The first-order chi connectivity index (χ1) is 36.0. The van der Waals surface area contributed by atoms with Gasteiger partial charge in [-0.2, -0.15) is 0 Å². The normalized spacial score (nSPS) is 11.9. The Morgan fingerprint density at radius 3 is 0.877 bits per heavy atom. The number of thiophene rings is 9. The average Bonchev–Trinajstić information content (AvgIpc) is 4.26. The zero-order chi connectivity index (χ0) is 49.3. The second-order valence-electron chi connectivity index (χ2n) is 19.0. The van der Waals surface area contributed by atoms with Gasteiger partial charge in [-0.3, -0.25) is 0 Å². The highest BCUT2D eigenvalue weighted by Gasteiger charge is 2.19. The van der Waals surface area contributed by atoms with Gasteiger partial charge in [-0.1, -0.05) is 95.7 Å². The zero-order valence-electron chi connectivity index (χ0n) is 41.5. The molecule has 0 N–H and O–H groups in total. The molecule has 0 atom stereocenters. The molecule has 0 aliphatic rings. The predicted molar refractivity (Wildman–Crippen MR) is 337 cm³/mol. The molecular formula is C63H57NS9. The fourth-order valence-electron chi connectivity index (χ4n) is 9.85. The fraction of sp³-hybridized carbons (Fsp3) is 0.238. The monoisotopic (exact) mass is 1120 g/mol. The van der Waals surface area contributed by atoms with Gasteiger partial charge in [0, 0.05) is 89.2 Å². The molecule has 0 aliphatic carbocycles. The Bertz CT molecular complexity index is 3340. The summed E-state index contributed by atoms with van der Waals surface area (Å²) in [5.41, 5.74) is 11.8. The van der Waals surface area contributed by atoms with Gasteiger partial charge in [0.15, 0.2) is 0 Å². The van der Waals surface area contributed by atoms with Crippen LogP contribution in [0, 0.1) is 0 Å². The van der Waals surface area contributed by atoms with Crippen LogP contribution >= 0.6 is 102 Å². The maximum absolute atomic E-state index is 2.42. The van der Waals surface area contributed by atoms with Gasteiger partial charge in [0.1, 0.15) is 0 Å². The molecule has 73 heavy (non-hydrogen) atoms. The molecule has 3 aromatic carbocycles. The Hall–Kier alpha value is -4.46. The Morgan fingerprint density at radius 2 is 0.589 bits per heavy atom. The van der Waals surface area contributed by atoms with E-state index in [0.29, 0.717) is 0 Å². The summed E-state index contributed by atoms with van der Waals surface area (Å²) in [6.07, 6.45) is 15.1. The number of hydrogen-bond donors (Lipinski definition) is 0. The summed E-state index contributed by atoms with van der Waals surface area (Å²) in [6, 6.07) is 48.9. The van der Waals surface area contributed by atoms with Crippen molar-refractivity contribution in [1.82, 2.24) is 0 Å². The molecular weight excluding hydrogens is 1060 g/mol. The number of hydrogen-bond acceptors (Lipinski definition) is 10. The minimum Gasteiger partial charge on any atom is -0.311 e. The molecule has 0 saturated heterocycles. The van der Waals surface area contributed by atoms with Crippen LogP contribution in [-0.2, 0) is 19.3 Å². The number of nitrogens with zero attached hydrogens (tertiary/aromatic N) is 1. The number of aryl methyl sites for hydroxylation is 3. The number of anilines is 3. The third kappa shape index (κ3) is 10.5. The Balaban J connectivity index is 0.816. The van der Waals surface area contributed by atoms with Gasteiger partial charge in [-0.05, 0) is 179 Å². The van der Waals surface area contributed by atoms with Crippen molar-refractivity contribution < 1.29 is 0 Å². The van der Waals surface area contributed by atoms with Gasteiger partial charge in [-0.15, -0.1) is 102 Å². The number of fused-ring (bicyclic) bond motifs is 3. The number of benzene rings is 3. The van der Waals surface area contributed by atoms with E-state index in [0.717, 1.165) is 17.1 Å². The highest BCUT2D eigenvalue weighted by molar-refractivity contribution is 7.33. The maximum Gasteiger partial charge on any atom is 0.0489 e. The van der Waals surface area contributed by atoms with E-state index < -0.39 is 0 Å². The highest BCUT2D eigenvalue weighted by Crippen LogP contribution is 2.48. The van der Waals surface area contributed by atoms with Crippen molar-refractivity contribution in [3.63, 3.8) is 0 Å². The molecule has 0 radical (unpaired) electrons. The van der Waals surface area contributed by atoms with Crippen LogP contribution in [0.3, 0.4) is 0 Å². The molecule has 9 heterocycles. The van der Waals surface area contributed by atoms with Crippen LogP contribution in [-0.4, -0.2) is 0 Å². The smallest absolute Gasteiger partial charge is 0.0489 e. The third-order valence-electron chi connectivity index (χ3n) is 13.9. The first kappa shape index (κ1) is 49.4. The van der Waals surface area contributed by atoms with Crippen molar-refractivity contribution >= 4 is 147 Å². The lowest BCUT2D eigenvalue weighted by Gasteiger charge is -2.26. The van der Waals surface area contributed by atoms with Crippen LogP contribution in [0.25, 0.3) is 88.8 Å². The van der Waals surface area contributed by atoms with Gasteiger partial charge in [0.25, 0.3) is 0 Å². The van der Waals surface area contributed by atoms with E-state index in [-0.39, 0.29) is 0 Å². The standard InChI is InChI=1S/C63H57NS9/c1-4-7-10-13-43-37-65-58-34-55(71-61(43)58)52-31-28-49(68-52)40-16-22-46(23-17-40)64(47-24-18-41(19-25-47)50-29-32-53(69-50)56-35-59-62(72-56)44(38-66-59)14-11-8-5-2)48-26-20-42(21-27-48)51-30-33-54(70-51)57-36-60-63(73-57)45(39-67-60)15-12-9-6-3/h16-39H,4-15H2,1-3H3. The van der Waals surface area contributed by atoms with Gasteiger partial charge >= 0.3 is 0 Å². The summed E-state index contributed by atoms with van der Waals surface area (Å²) in [5, 5.41) is 7.17. The molecule has 12 rings (SSSR count). The molecule has 0 saturated carbocycles. The molecule has 10 heteroatoms. The summed E-state index contributed by atoms with van der Waals surface area (Å²) in [4.78, 5) is 14.6. The summed E-state index contributed by atoms with van der Waals surface area (Å²) in [5.74, 6) is 0. The fourth-order valence-corrected chi connectivity index (χ4v) is 20.5. The van der Waals surface area contributed by atoms with Crippen molar-refractivity contribution in [2.75, 3.05) is 4.90 Å². The lowest BCUT2D eigenvalue weighted by molar-refractivity contribution is 0.721. The summed E-state index contributed by atoms with van der Waals surface area (Å²) in [7, 11) is 0. The third-order valence-corrected chi connectivity index (χ3v) is 24.8. The maximum atomic E-state index is 2.42. The highest BCUT2D eigenvalue weighted by atomic mass is 32.1. The van der Waals surface area contributed by atoms with E-state index in [1.165, 1.54) is 183 Å². The van der Waals surface area contributed by atoms with Crippen LogP contribution in [0.2, 0.25) is 0 Å². The summed E-state index contributed by atoms with van der Waals surface area (Å²) < 4.78 is 8.77. The van der Waals surface area contributed by atoms with E-state index in [1.807, 2.05) is 102 Å². The van der Waals surface area contributed by atoms with Crippen molar-refractivity contribution in [1.29, 1.82) is 0 Å². The SMILES string of the molecule is CCCCCc1csc2cc(-c3ccc(-c4ccc(N(c5ccc(-c6ccc(-c7cc8scc(CCCCC)c8s7)s6)cc5)c5ccc(-c6ccc(-c7cc8scc(CCCCC)c8s7)s6)cc5)cc4)s3)sc12. The van der Waals surface area contributed by atoms with E-state index in [1.54, 1.807) is 0 Å². The first-order valence-electron chi connectivity index (χ1n) is 25.9. The van der Waals surface area contributed by atoms with Crippen molar-refractivity contribution in [2.45, 2.75) is 97.8 Å². The average molecular weight is 1120 g/mol. The number of unbranched alkanes of at least 4 members (excludes halogenated alkanes) is 6. The molecule has 0 amide bonds. The van der Waals surface area contributed by atoms with E-state index >= 15 is 0 Å². The Morgan fingerprint density at radius 1 is 0.301 bits per heavy atom. The topological polar surface area (TPSA) is 3.24 Å². The first-order valence-corrected chi connectivity index (χ1v) is 33.5.